The third kappa shape index (κ3) is 2.74. The molecule has 2 atom stereocenters. The number of ether oxygens (including phenoxy) is 2. The molecule has 0 heterocycles. The van der Waals surface area contributed by atoms with Crippen LogP contribution in [0, 0.1) is 10.1 Å². The molecule has 0 aromatic carbocycles. The fraction of sp³-hybridized carbons (Fsp3) is 0.800. The average Bonchev–Trinajstić information content (AvgIpc) is 2.05. The topological polar surface area (TPSA) is 78.7 Å². The van der Waals surface area contributed by atoms with Crippen molar-refractivity contribution in [1.29, 1.82) is 0 Å². The zero-order valence-electron chi connectivity index (χ0n) is 6.52. The Morgan fingerprint density at radius 1 is 1.58 bits per heavy atom. The Kier molecular flexibility index (Phi) is 4.75. The van der Waals surface area contributed by atoms with Gasteiger partial charge in [0.1, 0.15) is 0 Å². The molecule has 12 heavy (non-hydrogen) atoms. The zero-order chi connectivity index (χ0) is 9.72. The van der Waals surface area contributed by atoms with Crippen molar-refractivity contribution < 1.29 is 19.2 Å². The van der Waals surface area contributed by atoms with Crippen LogP contribution in [0.4, 0.5) is 0 Å². The molecule has 0 aliphatic rings. The van der Waals surface area contributed by atoms with Crippen molar-refractivity contribution in [2.24, 2.45) is 0 Å². The lowest BCUT2D eigenvalue weighted by molar-refractivity contribution is -0.501. The molecular formula is C5H8BrNO5. The van der Waals surface area contributed by atoms with Crippen LogP contribution in [-0.4, -0.2) is 36.2 Å². The third-order valence-corrected chi connectivity index (χ3v) is 1.95. The minimum absolute atomic E-state index is 0.676. The molecule has 0 amide bonds. The molecule has 70 valence electrons. The number of alkyl halides is 1. The van der Waals surface area contributed by atoms with Gasteiger partial charge in [-0.25, -0.2) is 4.79 Å². The molecule has 0 aliphatic heterocycles. The van der Waals surface area contributed by atoms with Crippen molar-refractivity contribution in [3.8, 4) is 0 Å². The van der Waals surface area contributed by atoms with Gasteiger partial charge in [0.15, 0.2) is 0 Å². The van der Waals surface area contributed by atoms with E-state index in [-0.39, 0.29) is 0 Å². The maximum atomic E-state index is 10.8. The van der Waals surface area contributed by atoms with Gasteiger partial charge >= 0.3 is 10.9 Å². The van der Waals surface area contributed by atoms with Crippen molar-refractivity contribution in [3.05, 3.63) is 10.1 Å². The van der Waals surface area contributed by atoms with Crippen LogP contribution in [0.3, 0.4) is 0 Å². The molecule has 0 spiro atoms. The Hall–Kier alpha value is -0.690. The first-order valence-corrected chi connectivity index (χ1v) is 3.84. The van der Waals surface area contributed by atoms with Crippen molar-refractivity contribution in [3.63, 3.8) is 0 Å². The molecule has 0 bridgehead atoms. The van der Waals surface area contributed by atoms with Crippen LogP contribution in [-0.2, 0) is 14.3 Å². The first kappa shape index (κ1) is 11.3. The summed E-state index contributed by atoms with van der Waals surface area (Å²) in [4.78, 5) is 19.0. The summed E-state index contributed by atoms with van der Waals surface area (Å²) in [6.45, 7) is 0. The Labute approximate surface area is 77.1 Å². The summed E-state index contributed by atoms with van der Waals surface area (Å²) >= 11 is 2.69. The van der Waals surface area contributed by atoms with Crippen molar-refractivity contribution >= 4 is 21.9 Å². The number of halogens is 1. The molecule has 7 heteroatoms. The second-order valence-electron chi connectivity index (χ2n) is 1.84. The fourth-order valence-corrected chi connectivity index (χ4v) is 0.979. The standard InChI is InChI=1S/C5H8BrNO5/c1-11-3(5(8)12-2)4(6)7(9)10/h3-4H,1-2H3. The molecule has 0 saturated heterocycles. The normalized spacial score (nSPS) is 14.9. The van der Waals surface area contributed by atoms with Crippen LogP contribution in [0.1, 0.15) is 0 Å². The number of nitrogens with zero attached hydrogens (tertiary/aromatic N) is 1. The van der Waals surface area contributed by atoms with Crippen LogP contribution >= 0.6 is 15.9 Å². The zero-order valence-corrected chi connectivity index (χ0v) is 8.11. The van der Waals surface area contributed by atoms with E-state index in [4.69, 9.17) is 0 Å². The van der Waals surface area contributed by atoms with Gasteiger partial charge in [0.05, 0.1) is 7.11 Å². The van der Waals surface area contributed by atoms with Crippen LogP contribution in [0.2, 0.25) is 0 Å². The SMILES string of the molecule is COC(=O)C(OC)C(Br)[N+](=O)[O-]. The van der Waals surface area contributed by atoms with E-state index in [0.29, 0.717) is 0 Å². The number of rotatable bonds is 4. The first-order chi connectivity index (χ1) is 5.54. The number of methoxy groups -OCH3 is 2. The molecule has 2 unspecified atom stereocenters. The van der Waals surface area contributed by atoms with Crippen molar-refractivity contribution in [2.45, 2.75) is 11.1 Å². The van der Waals surface area contributed by atoms with Gasteiger partial charge in [-0.3, -0.25) is 10.1 Å². The smallest absolute Gasteiger partial charge is 0.343 e. The van der Waals surface area contributed by atoms with E-state index in [1.54, 1.807) is 0 Å². The lowest BCUT2D eigenvalue weighted by Gasteiger charge is -2.11. The summed E-state index contributed by atoms with van der Waals surface area (Å²) in [6.07, 6.45) is -1.22. The highest BCUT2D eigenvalue weighted by molar-refractivity contribution is 9.09. The van der Waals surface area contributed by atoms with E-state index in [1.807, 2.05) is 0 Å². The van der Waals surface area contributed by atoms with Gasteiger partial charge < -0.3 is 9.47 Å². The van der Waals surface area contributed by atoms with Gasteiger partial charge in [-0.2, -0.15) is 0 Å². The summed E-state index contributed by atoms with van der Waals surface area (Å²) in [5, 5.41) is 10.2. The Morgan fingerprint density at radius 2 is 2.08 bits per heavy atom. The van der Waals surface area contributed by atoms with E-state index in [1.165, 1.54) is 7.11 Å². The average molecular weight is 242 g/mol. The lowest BCUT2D eigenvalue weighted by atomic mass is 10.3. The highest BCUT2D eigenvalue weighted by Crippen LogP contribution is 2.10. The third-order valence-electron chi connectivity index (χ3n) is 1.14. The van der Waals surface area contributed by atoms with E-state index in [0.717, 1.165) is 7.11 Å². The van der Waals surface area contributed by atoms with Crippen LogP contribution in [0.5, 0.6) is 0 Å². The van der Waals surface area contributed by atoms with Gasteiger partial charge in [0.2, 0.25) is 6.10 Å². The summed E-state index contributed by atoms with van der Waals surface area (Å²) in [5.41, 5.74) is 0. The Bertz CT molecular complexity index is 185. The van der Waals surface area contributed by atoms with Gasteiger partial charge in [-0.05, 0) is 0 Å². The van der Waals surface area contributed by atoms with Crippen LogP contribution in [0.25, 0.3) is 0 Å². The Balaban J connectivity index is 4.33. The number of carbonyl (C=O) groups is 1. The van der Waals surface area contributed by atoms with E-state index >= 15 is 0 Å². The van der Waals surface area contributed by atoms with E-state index < -0.39 is 21.9 Å². The molecule has 0 aromatic rings. The molecular weight excluding hydrogens is 234 g/mol. The van der Waals surface area contributed by atoms with Crippen LogP contribution < -0.4 is 0 Å². The van der Waals surface area contributed by atoms with Crippen LogP contribution in [0.15, 0.2) is 0 Å². The number of nitro groups is 1. The molecule has 0 rings (SSSR count). The molecule has 0 N–H and O–H groups in total. The number of hydrogen-bond donors (Lipinski definition) is 0. The molecule has 0 aromatic heterocycles. The second-order valence-corrected chi connectivity index (χ2v) is 2.78. The number of carbonyl (C=O) groups excluding carboxylic acids is 1. The summed E-state index contributed by atoms with van der Waals surface area (Å²) < 4.78 is 8.84. The fourth-order valence-electron chi connectivity index (χ4n) is 0.548. The summed E-state index contributed by atoms with van der Waals surface area (Å²) in [7, 11) is 2.33. The lowest BCUT2D eigenvalue weighted by Crippen LogP contribution is -2.37. The second kappa shape index (κ2) is 5.04. The van der Waals surface area contributed by atoms with Gasteiger partial charge in [0.25, 0.3) is 0 Å². The van der Waals surface area contributed by atoms with Crippen molar-refractivity contribution in [1.82, 2.24) is 0 Å². The molecule has 0 aliphatic carbocycles. The molecule has 6 nitrogen and oxygen atoms in total. The minimum atomic E-state index is -1.28. The maximum absolute atomic E-state index is 10.8. The first-order valence-electron chi connectivity index (χ1n) is 2.92. The number of esters is 1. The highest BCUT2D eigenvalue weighted by Gasteiger charge is 2.35. The van der Waals surface area contributed by atoms with Gasteiger partial charge in [-0.1, -0.05) is 0 Å². The maximum Gasteiger partial charge on any atom is 0.343 e. The predicted molar refractivity (Wildman–Crippen MR) is 42.5 cm³/mol. The predicted octanol–water partition coefficient (Wildman–Crippen LogP) is 0.172. The molecule has 0 saturated carbocycles. The summed E-state index contributed by atoms with van der Waals surface area (Å²) in [5.74, 6) is -0.781. The minimum Gasteiger partial charge on any atom is -0.467 e. The Morgan fingerprint density at radius 3 is 2.33 bits per heavy atom. The van der Waals surface area contributed by atoms with Crippen molar-refractivity contribution in [2.75, 3.05) is 14.2 Å². The van der Waals surface area contributed by atoms with E-state index in [9.17, 15) is 14.9 Å². The quantitative estimate of drug-likeness (QED) is 0.231. The molecule has 0 fully saturated rings. The van der Waals surface area contributed by atoms with Gasteiger partial charge in [-0.15, -0.1) is 0 Å². The highest BCUT2D eigenvalue weighted by atomic mass is 79.9. The van der Waals surface area contributed by atoms with E-state index in [2.05, 4.69) is 25.4 Å². The van der Waals surface area contributed by atoms with Gasteiger partial charge in [0, 0.05) is 28.0 Å². The monoisotopic (exact) mass is 241 g/mol. The summed E-state index contributed by atoms with van der Waals surface area (Å²) in [6, 6.07) is 0. The largest absolute Gasteiger partial charge is 0.467 e. The molecule has 0 radical (unpaired) electrons. The number of hydrogen-bond acceptors (Lipinski definition) is 5.